The normalized spacial score (nSPS) is 22.7. The number of fused-ring (bicyclic) bond motifs is 2. The first-order valence-electron chi connectivity index (χ1n) is 6.70. The van der Waals surface area contributed by atoms with Crippen LogP contribution in [0.25, 0.3) is 0 Å². The zero-order valence-electron chi connectivity index (χ0n) is 11.1. The van der Waals surface area contributed by atoms with E-state index in [0.29, 0.717) is 11.4 Å². The van der Waals surface area contributed by atoms with Gasteiger partial charge in [0.1, 0.15) is 0 Å². The predicted octanol–water partition coefficient (Wildman–Crippen LogP) is 2.89. The third-order valence-electron chi connectivity index (χ3n) is 4.01. The topological polar surface area (TPSA) is 53.5 Å². The van der Waals surface area contributed by atoms with Gasteiger partial charge in [-0.2, -0.15) is 5.10 Å². The number of rotatable bonds is 1. The second-order valence-electron chi connectivity index (χ2n) is 5.26. The van der Waals surface area contributed by atoms with Gasteiger partial charge in [-0.25, -0.2) is 0 Å². The summed E-state index contributed by atoms with van der Waals surface area (Å²) in [5.41, 5.74) is 5.89. The number of para-hydroxylation sites is 1. The molecule has 4 rings (SSSR count). The lowest BCUT2D eigenvalue weighted by Gasteiger charge is -2.20. The molecule has 0 unspecified atom stereocenters. The average Bonchev–Trinajstić information content (AvgIpc) is 3.05. The second kappa shape index (κ2) is 4.33. The van der Waals surface area contributed by atoms with Crippen molar-refractivity contribution < 1.29 is 4.79 Å². The van der Waals surface area contributed by atoms with Crippen LogP contribution in [0.1, 0.15) is 17.5 Å². The molecule has 2 aromatic rings. The Morgan fingerprint density at radius 1 is 1.10 bits per heavy atom. The maximum atomic E-state index is 12.4. The molecule has 0 saturated carbocycles. The van der Waals surface area contributed by atoms with E-state index in [1.54, 1.807) is 0 Å². The molecule has 0 saturated heterocycles. The van der Waals surface area contributed by atoms with Crippen molar-refractivity contribution in [2.24, 2.45) is 5.10 Å². The number of carbonyl (C=O) groups is 1. The molecule has 0 fully saturated rings. The molecule has 104 valence electrons. The van der Waals surface area contributed by atoms with Crippen LogP contribution in [0.2, 0.25) is 5.02 Å². The fourth-order valence-corrected chi connectivity index (χ4v) is 3.03. The summed E-state index contributed by atoms with van der Waals surface area (Å²) in [4.78, 5) is 12.4. The minimum absolute atomic E-state index is 0.0589. The molecule has 0 aliphatic carbocycles. The van der Waals surface area contributed by atoms with Crippen LogP contribution < -0.4 is 10.7 Å². The predicted molar refractivity (Wildman–Crippen MR) is 82.5 cm³/mol. The van der Waals surface area contributed by atoms with Crippen molar-refractivity contribution in [1.29, 1.82) is 0 Å². The second-order valence-corrected chi connectivity index (χ2v) is 5.70. The number of hydrogen-bond acceptors (Lipinski definition) is 3. The first kappa shape index (κ1) is 12.4. The molecule has 0 radical (unpaired) electrons. The molecular formula is C16H12ClN3O. The first-order valence-corrected chi connectivity index (χ1v) is 7.07. The molecule has 2 aromatic carbocycles. The van der Waals surface area contributed by atoms with Gasteiger partial charge in [0.25, 0.3) is 5.91 Å². The van der Waals surface area contributed by atoms with E-state index in [1.807, 2.05) is 48.5 Å². The molecule has 2 aliphatic rings. The highest BCUT2D eigenvalue weighted by atomic mass is 35.5. The van der Waals surface area contributed by atoms with Gasteiger partial charge in [-0.05, 0) is 23.8 Å². The zero-order valence-corrected chi connectivity index (χ0v) is 11.8. The van der Waals surface area contributed by atoms with Crippen LogP contribution in [-0.2, 0) is 10.3 Å². The van der Waals surface area contributed by atoms with Gasteiger partial charge in [-0.3, -0.25) is 10.2 Å². The summed E-state index contributed by atoms with van der Waals surface area (Å²) in [5.74, 6) is -0.0589. The molecule has 5 heteroatoms. The standard InChI is InChI=1S/C16H12ClN3O/c17-11-7-5-10(6-8-11)14-9-16(20-19-14)12-3-1-2-4-13(12)18-15(16)21/h1-8,20H,9H2,(H,18,21)/t16-/m1/s1. The molecule has 1 atom stereocenters. The maximum Gasteiger partial charge on any atom is 0.256 e. The molecular weight excluding hydrogens is 286 g/mol. The molecule has 1 spiro atoms. The minimum atomic E-state index is -0.786. The van der Waals surface area contributed by atoms with Gasteiger partial charge in [-0.15, -0.1) is 0 Å². The smallest absolute Gasteiger partial charge is 0.256 e. The number of nitrogens with one attached hydrogen (secondary N) is 2. The van der Waals surface area contributed by atoms with Crippen LogP contribution in [0.5, 0.6) is 0 Å². The van der Waals surface area contributed by atoms with Gasteiger partial charge >= 0.3 is 0 Å². The summed E-state index contributed by atoms with van der Waals surface area (Å²) in [6.45, 7) is 0. The Hall–Kier alpha value is -2.33. The maximum absolute atomic E-state index is 12.4. The van der Waals surface area contributed by atoms with Crippen LogP contribution in [-0.4, -0.2) is 11.6 Å². The highest BCUT2D eigenvalue weighted by molar-refractivity contribution is 6.30. The van der Waals surface area contributed by atoms with Crippen molar-refractivity contribution in [3.63, 3.8) is 0 Å². The molecule has 4 nitrogen and oxygen atoms in total. The SMILES string of the molecule is O=C1Nc2ccccc2[C@]12CC(c1ccc(Cl)cc1)=NN2. The number of anilines is 1. The summed E-state index contributed by atoms with van der Waals surface area (Å²) in [7, 11) is 0. The van der Waals surface area contributed by atoms with E-state index in [2.05, 4.69) is 15.8 Å². The molecule has 1 amide bonds. The van der Waals surface area contributed by atoms with Crippen molar-refractivity contribution in [2.75, 3.05) is 5.32 Å². The Kier molecular flexibility index (Phi) is 2.56. The lowest BCUT2D eigenvalue weighted by Crippen LogP contribution is -2.42. The van der Waals surface area contributed by atoms with Crippen LogP contribution in [0, 0.1) is 0 Å². The van der Waals surface area contributed by atoms with Crippen molar-refractivity contribution in [1.82, 2.24) is 5.43 Å². The fraction of sp³-hybridized carbons (Fsp3) is 0.125. The highest BCUT2D eigenvalue weighted by Gasteiger charge is 2.50. The van der Waals surface area contributed by atoms with E-state index in [-0.39, 0.29) is 5.91 Å². The van der Waals surface area contributed by atoms with Gasteiger partial charge in [-0.1, -0.05) is 41.9 Å². The monoisotopic (exact) mass is 297 g/mol. The van der Waals surface area contributed by atoms with Crippen LogP contribution in [0.4, 0.5) is 5.69 Å². The van der Waals surface area contributed by atoms with Crippen LogP contribution in [0.15, 0.2) is 53.6 Å². The number of nitrogens with zero attached hydrogens (tertiary/aromatic N) is 1. The van der Waals surface area contributed by atoms with E-state index in [9.17, 15) is 4.79 Å². The van der Waals surface area contributed by atoms with E-state index in [1.165, 1.54) is 0 Å². The van der Waals surface area contributed by atoms with E-state index >= 15 is 0 Å². The number of benzene rings is 2. The Morgan fingerprint density at radius 2 is 1.86 bits per heavy atom. The number of carbonyl (C=O) groups excluding carboxylic acids is 1. The number of halogens is 1. The summed E-state index contributed by atoms with van der Waals surface area (Å²) >= 11 is 5.91. The summed E-state index contributed by atoms with van der Waals surface area (Å²) in [5, 5.41) is 7.98. The summed E-state index contributed by atoms with van der Waals surface area (Å²) in [6, 6.07) is 15.2. The van der Waals surface area contributed by atoms with Crippen LogP contribution >= 0.6 is 11.6 Å². The van der Waals surface area contributed by atoms with Crippen LogP contribution in [0.3, 0.4) is 0 Å². The largest absolute Gasteiger partial charge is 0.323 e. The quantitative estimate of drug-likeness (QED) is 0.850. The molecule has 2 N–H and O–H groups in total. The summed E-state index contributed by atoms with van der Waals surface area (Å²) in [6.07, 6.45) is 0.525. The van der Waals surface area contributed by atoms with E-state index in [0.717, 1.165) is 22.5 Å². The number of hydrogen-bond donors (Lipinski definition) is 2. The molecule has 2 heterocycles. The number of amides is 1. The fourth-order valence-electron chi connectivity index (χ4n) is 2.90. The molecule has 2 aliphatic heterocycles. The Morgan fingerprint density at radius 3 is 2.67 bits per heavy atom. The average molecular weight is 298 g/mol. The highest BCUT2D eigenvalue weighted by Crippen LogP contribution is 2.41. The Balaban J connectivity index is 1.72. The number of hydrazone groups is 1. The van der Waals surface area contributed by atoms with Crippen molar-refractivity contribution in [3.05, 3.63) is 64.7 Å². The molecule has 0 bridgehead atoms. The van der Waals surface area contributed by atoms with Crippen molar-refractivity contribution in [2.45, 2.75) is 12.0 Å². The van der Waals surface area contributed by atoms with Gasteiger partial charge in [0.05, 0.1) is 5.71 Å². The van der Waals surface area contributed by atoms with Gasteiger partial charge < -0.3 is 5.32 Å². The lowest BCUT2D eigenvalue weighted by molar-refractivity contribution is -0.121. The first-order chi connectivity index (χ1) is 10.2. The van der Waals surface area contributed by atoms with E-state index in [4.69, 9.17) is 11.6 Å². The molecule has 21 heavy (non-hydrogen) atoms. The van der Waals surface area contributed by atoms with Gasteiger partial charge in [0.15, 0.2) is 5.54 Å². The minimum Gasteiger partial charge on any atom is -0.323 e. The Bertz CT molecular complexity index is 769. The summed E-state index contributed by atoms with van der Waals surface area (Å²) < 4.78 is 0. The zero-order chi connectivity index (χ0) is 14.4. The van der Waals surface area contributed by atoms with Crippen molar-refractivity contribution in [3.8, 4) is 0 Å². The van der Waals surface area contributed by atoms with Gasteiger partial charge in [0, 0.05) is 22.7 Å². The van der Waals surface area contributed by atoms with Gasteiger partial charge in [0.2, 0.25) is 0 Å². The molecule has 0 aromatic heterocycles. The third kappa shape index (κ3) is 1.76. The Labute approximate surface area is 126 Å². The van der Waals surface area contributed by atoms with Crippen molar-refractivity contribution >= 4 is 28.9 Å². The third-order valence-corrected chi connectivity index (χ3v) is 4.27. The van der Waals surface area contributed by atoms with E-state index < -0.39 is 5.54 Å². The lowest BCUT2D eigenvalue weighted by atomic mass is 9.86.